The fourth-order valence-corrected chi connectivity index (χ4v) is 3.17. The van der Waals surface area contributed by atoms with Gasteiger partial charge in [-0.2, -0.15) is 17.0 Å². The molecule has 0 fully saturated rings. The molecule has 1 aromatic heterocycles. The molecule has 0 aliphatic rings. The Morgan fingerprint density at radius 2 is 2.24 bits per heavy atom. The number of halogens is 1. The first-order valence-corrected chi connectivity index (χ1v) is 10.2. The smallest absolute Gasteiger partial charge is 0.277 e. The van der Waals surface area contributed by atoms with Gasteiger partial charge in [0.15, 0.2) is 0 Å². The van der Waals surface area contributed by atoms with Gasteiger partial charge in [-0.1, -0.05) is 23.4 Å². The van der Waals surface area contributed by atoms with Crippen molar-refractivity contribution in [2.45, 2.75) is 24.3 Å². The van der Waals surface area contributed by atoms with Gasteiger partial charge in [0.25, 0.3) is 5.22 Å². The van der Waals surface area contributed by atoms with Gasteiger partial charge in [0, 0.05) is 17.3 Å². The molecular formula is C16H17ClN4O2S2. The average Bonchev–Trinajstić information content (AvgIpc) is 3.04. The van der Waals surface area contributed by atoms with E-state index in [1.54, 1.807) is 28.8 Å². The number of hydrogen-bond donors (Lipinski definition) is 0. The molecule has 0 spiro atoms. The van der Waals surface area contributed by atoms with Crippen molar-refractivity contribution in [3.63, 3.8) is 0 Å². The standard InChI is InChI=1S/C16H17ClN4O2S2/c1-11-8-12(4-5-13(11)17)21(7-3-6-18)15(22)10-25-16-20-19-14(23-16)9-24-2/h4-5,8H,3,7,9-10H2,1-2H3. The van der Waals surface area contributed by atoms with E-state index in [1.165, 1.54) is 11.8 Å². The van der Waals surface area contributed by atoms with Crippen LogP contribution in [0.4, 0.5) is 5.69 Å². The first-order chi connectivity index (χ1) is 12.0. The highest BCUT2D eigenvalue weighted by atomic mass is 35.5. The van der Waals surface area contributed by atoms with Gasteiger partial charge in [-0.15, -0.1) is 10.2 Å². The minimum Gasteiger partial charge on any atom is -0.415 e. The number of aromatic nitrogens is 2. The number of amides is 1. The molecule has 1 amide bonds. The van der Waals surface area contributed by atoms with Gasteiger partial charge in [0.2, 0.25) is 11.8 Å². The van der Waals surface area contributed by atoms with E-state index in [0.29, 0.717) is 28.4 Å². The number of aryl methyl sites for hydroxylation is 1. The molecule has 2 rings (SSSR count). The molecule has 2 aromatic rings. The molecule has 0 aliphatic heterocycles. The summed E-state index contributed by atoms with van der Waals surface area (Å²) < 4.78 is 5.46. The lowest BCUT2D eigenvalue weighted by molar-refractivity contribution is -0.116. The molecule has 132 valence electrons. The van der Waals surface area contributed by atoms with Crippen molar-refractivity contribution in [1.29, 1.82) is 5.26 Å². The van der Waals surface area contributed by atoms with E-state index in [4.69, 9.17) is 21.3 Å². The molecule has 0 unspecified atom stereocenters. The number of carbonyl (C=O) groups is 1. The maximum atomic E-state index is 12.6. The second kappa shape index (κ2) is 9.70. The zero-order valence-electron chi connectivity index (χ0n) is 13.9. The van der Waals surface area contributed by atoms with Crippen LogP contribution >= 0.6 is 35.1 Å². The quantitative estimate of drug-likeness (QED) is 0.625. The van der Waals surface area contributed by atoms with Crippen molar-refractivity contribution < 1.29 is 9.21 Å². The van der Waals surface area contributed by atoms with Gasteiger partial charge >= 0.3 is 0 Å². The van der Waals surface area contributed by atoms with E-state index in [1.807, 2.05) is 19.2 Å². The van der Waals surface area contributed by atoms with Crippen LogP contribution in [0.1, 0.15) is 17.9 Å². The Balaban J connectivity index is 2.06. The van der Waals surface area contributed by atoms with E-state index in [9.17, 15) is 4.79 Å². The maximum absolute atomic E-state index is 12.6. The van der Waals surface area contributed by atoms with Crippen molar-refractivity contribution in [2.24, 2.45) is 0 Å². The number of rotatable bonds is 8. The molecule has 1 heterocycles. The van der Waals surface area contributed by atoms with Crippen LogP contribution in [0.3, 0.4) is 0 Å². The second-order valence-electron chi connectivity index (χ2n) is 5.07. The van der Waals surface area contributed by atoms with Crippen molar-refractivity contribution in [3.8, 4) is 6.07 Å². The Morgan fingerprint density at radius 1 is 1.44 bits per heavy atom. The molecular weight excluding hydrogens is 380 g/mol. The molecule has 0 saturated heterocycles. The highest BCUT2D eigenvalue weighted by Crippen LogP contribution is 2.25. The van der Waals surface area contributed by atoms with Crippen molar-refractivity contribution >= 4 is 46.7 Å². The predicted octanol–water partition coefficient (Wildman–Crippen LogP) is 3.93. The summed E-state index contributed by atoms with van der Waals surface area (Å²) in [6.07, 6.45) is 2.19. The summed E-state index contributed by atoms with van der Waals surface area (Å²) in [5.74, 6) is 1.19. The zero-order chi connectivity index (χ0) is 18.2. The second-order valence-corrected chi connectivity index (χ2v) is 7.27. The predicted molar refractivity (Wildman–Crippen MR) is 101 cm³/mol. The number of carbonyl (C=O) groups excluding carboxylic acids is 1. The van der Waals surface area contributed by atoms with E-state index in [2.05, 4.69) is 16.3 Å². The molecule has 6 nitrogen and oxygen atoms in total. The highest BCUT2D eigenvalue weighted by Gasteiger charge is 2.18. The topological polar surface area (TPSA) is 83.0 Å². The summed E-state index contributed by atoms with van der Waals surface area (Å²) in [6, 6.07) is 7.43. The molecule has 25 heavy (non-hydrogen) atoms. The van der Waals surface area contributed by atoms with Crippen LogP contribution in [0.15, 0.2) is 27.8 Å². The number of hydrogen-bond acceptors (Lipinski definition) is 7. The Labute approximate surface area is 159 Å². The van der Waals surface area contributed by atoms with Crippen LogP contribution in [0.2, 0.25) is 5.02 Å². The Kier molecular flexibility index (Phi) is 7.62. The lowest BCUT2D eigenvalue weighted by Crippen LogP contribution is -2.33. The van der Waals surface area contributed by atoms with E-state index in [-0.39, 0.29) is 18.1 Å². The van der Waals surface area contributed by atoms with Crippen LogP contribution in [-0.2, 0) is 10.5 Å². The summed E-state index contributed by atoms with van der Waals surface area (Å²) in [6.45, 7) is 2.19. The van der Waals surface area contributed by atoms with Crippen LogP contribution in [0.5, 0.6) is 0 Å². The number of nitrogens with zero attached hydrogens (tertiary/aromatic N) is 4. The van der Waals surface area contributed by atoms with E-state index >= 15 is 0 Å². The number of benzene rings is 1. The summed E-state index contributed by atoms with van der Waals surface area (Å²) in [5, 5.41) is 17.7. The third-order valence-corrected chi connectivity index (χ3v) is 5.00. The SMILES string of the molecule is CSCc1nnc(SCC(=O)N(CCC#N)c2ccc(Cl)c(C)c2)o1. The van der Waals surface area contributed by atoms with Gasteiger partial charge < -0.3 is 9.32 Å². The fraction of sp³-hybridized carbons (Fsp3) is 0.375. The molecule has 1 aromatic carbocycles. The fourth-order valence-electron chi connectivity index (χ4n) is 2.04. The third kappa shape index (κ3) is 5.66. The van der Waals surface area contributed by atoms with Crippen LogP contribution in [0, 0.1) is 18.3 Å². The molecule has 0 aliphatic carbocycles. The van der Waals surface area contributed by atoms with Gasteiger partial charge in [-0.3, -0.25) is 4.79 Å². The first-order valence-electron chi connectivity index (χ1n) is 7.42. The summed E-state index contributed by atoms with van der Waals surface area (Å²) >= 11 is 8.82. The van der Waals surface area contributed by atoms with E-state index in [0.717, 1.165) is 11.3 Å². The summed E-state index contributed by atoms with van der Waals surface area (Å²) in [5.41, 5.74) is 1.59. The average molecular weight is 397 g/mol. The summed E-state index contributed by atoms with van der Waals surface area (Å²) in [4.78, 5) is 14.2. The molecule has 0 radical (unpaired) electrons. The lowest BCUT2D eigenvalue weighted by atomic mass is 10.2. The largest absolute Gasteiger partial charge is 0.415 e. The van der Waals surface area contributed by atoms with Crippen LogP contribution in [0.25, 0.3) is 0 Å². The molecule has 0 N–H and O–H groups in total. The summed E-state index contributed by atoms with van der Waals surface area (Å²) in [7, 11) is 0. The van der Waals surface area contributed by atoms with Crippen molar-refractivity contribution in [3.05, 3.63) is 34.7 Å². The number of nitriles is 1. The number of thioether (sulfide) groups is 2. The molecule has 0 atom stereocenters. The Morgan fingerprint density at radius 3 is 2.92 bits per heavy atom. The van der Waals surface area contributed by atoms with Crippen molar-refractivity contribution in [2.75, 3.05) is 23.5 Å². The van der Waals surface area contributed by atoms with Crippen LogP contribution in [-0.4, -0.2) is 34.7 Å². The van der Waals surface area contributed by atoms with Gasteiger partial charge in [0.05, 0.1) is 24.0 Å². The van der Waals surface area contributed by atoms with Gasteiger partial charge in [-0.05, 0) is 36.9 Å². The molecule has 9 heteroatoms. The zero-order valence-corrected chi connectivity index (χ0v) is 16.2. The first kappa shape index (κ1) is 19.6. The Hall–Kier alpha value is -1.69. The van der Waals surface area contributed by atoms with Crippen LogP contribution < -0.4 is 4.90 Å². The molecule has 0 bridgehead atoms. The third-order valence-electron chi connectivity index (χ3n) is 3.24. The number of anilines is 1. The van der Waals surface area contributed by atoms with E-state index < -0.39 is 0 Å². The van der Waals surface area contributed by atoms with Gasteiger partial charge in [-0.25, -0.2) is 0 Å². The minimum atomic E-state index is -0.133. The highest BCUT2D eigenvalue weighted by molar-refractivity contribution is 7.99. The Bertz CT molecular complexity index is 776. The molecule has 0 saturated carbocycles. The normalized spacial score (nSPS) is 10.5. The maximum Gasteiger partial charge on any atom is 0.277 e. The van der Waals surface area contributed by atoms with Crippen molar-refractivity contribution in [1.82, 2.24) is 10.2 Å². The monoisotopic (exact) mass is 396 g/mol. The minimum absolute atomic E-state index is 0.133. The lowest BCUT2D eigenvalue weighted by Gasteiger charge is -2.22. The van der Waals surface area contributed by atoms with Gasteiger partial charge in [0.1, 0.15) is 0 Å².